The van der Waals surface area contributed by atoms with E-state index in [4.69, 9.17) is 6.42 Å². The van der Waals surface area contributed by atoms with Gasteiger partial charge in [-0.3, -0.25) is 5.10 Å². The van der Waals surface area contributed by atoms with E-state index in [2.05, 4.69) is 42.8 Å². The molecular formula is C17H18N6. The molecule has 6 heteroatoms. The number of nitrogens with zero attached hydrogens (tertiary/aromatic N) is 3. The Morgan fingerprint density at radius 1 is 1.35 bits per heavy atom. The molecule has 0 saturated heterocycles. The largest absolute Gasteiger partial charge is 0.322 e. The Bertz CT molecular complexity index is 794. The SMILES string of the molecule is C#Cc1cnc(C2=CCNCC2)nc1Nc1cc(C2CC2)[nH]n1. The number of aromatic nitrogens is 4. The van der Waals surface area contributed by atoms with Crippen LogP contribution in [0.25, 0.3) is 5.57 Å². The third kappa shape index (κ3) is 2.96. The van der Waals surface area contributed by atoms with Gasteiger partial charge in [-0.05, 0) is 31.4 Å². The van der Waals surface area contributed by atoms with Crippen molar-refractivity contribution in [3.8, 4) is 12.3 Å². The molecule has 0 radical (unpaired) electrons. The summed E-state index contributed by atoms with van der Waals surface area (Å²) < 4.78 is 0. The molecular weight excluding hydrogens is 288 g/mol. The minimum absolute atomic E-state index is 0.630. The maximum Gasteiger partial charge on any atom is 0.157 e. The van der Waals surface area contributed by atoms with Gasteiger partial charge in [0, 0.05) is 30.4 Å². The lowest BCUT2D eigenvalue weighted by Crippen LogP contribution is -2.20. The predicted molar refractivity (Wildman–Crippen MR) is 89.3 cm³/mol. The fourth-order valence-corrected chi connectivity index (χ4v) is 2.69. The summed E-state index contributed by atoms with van der Waals surface area (Å²) in [4.78, 5) is 9.02. The molecule has 0 atom stereocenters. The van der Waals surface area contributed by atoms with Crippen LogP contribution in [0.2, 0.25) is 0 Å². The molecule has 2 aromatic heterocycles. The van der Waals surface area contributed by atoms with E-state index in [9.17, 15) is 0 Å². The first-order chi connectivity index (χ1) is 11.3. The van der Waals surface area contributed by atoms with E-state index >= 15 is 0 Å². The lowest BCUT2D eigenvalue weighted by molar-refractivity contribution is 0.734. The number of nitrogens with one attached hydrogen (secondary N) is 3. The molecule has 4 rings (SSSR count). The van der Waals surface area contributed by atoms with Crippen molar-refractivity contribution in [3.05, 3.63) is 35.4 Å². The van der Waals surface area contributed by atoms with Crippen LogP contribution < -0.4 is 10.6 Å². The van der Waals surface area contributed by atoms with Crippen molar-refractivity contribution < 1.29 is 0 Å². The standard InChI is InChI=1S/C17H18N6/c1-2-11-10-19-16(13-5-7-18-8-6-13)21-17(11)20-15-9-14(22-23-15)12-3-4-12/h1,5,9-10,12,18H,3-4,6-8H2,(H2,19,20,21,22,23). The van der Waals surface area contributed by atoms with Crippen molar-refractivity contribution in [2.45, 2.75) is 25.2 Å². The first-order valence-electron chi connectivity index (χ1n) is 7.89. The first kappa shape index (κ1) is 14.0. The van der Waals surface area contributed by atoms with Crippen LogP contribution >= 0.6 is 0 Å². The van der Waals surface area contributed by atoms with Crippen LogP contribution in [0.3, 0.4) is 0 Å². The molecule has 3 N–H and O–H groups in total. The number of terminal acetylenes is 1. The summed E-state index contributed by atoms with van der Waals surface area (Å²) in [6.07, 6.45) is 12.8. The number of hydrogen-bond acceptors (Lipinski definition) is 5. The minimum Gasteiger partial charge on any atom is -0.322 e. The van der Waals surface area contributed by atoms with Crippen LogP contribution in [0.1, 0.15) is 42.3 Å². The van der Waals surface area contributed by atoms with Crippen molar-refractivity contribution in [2.24, 2.45) is 0 Å². The predicted octanol–water partition coefficient (Wildman–Crippen LogP) is 2.18. The summed E-state index contributed by atoms with van der Waals surface area (Å²) in [6.45, 7) is 1.79. The molecule has 1 saturated carbocycles. The maximum atomic E-state index is 5.57. The van der Waals surface area contributed by atoms with Gasteiger partial charge >= 0.3 is 0 Å². The third-order valence-electron chi connectivity index (χ3n) is 4.16. The third-order valence-corrected chi connectivity index (χ3v) is 4.16. The van der Waals surface area contributed by atoms with Crippen LogP contribution in [-0.4, -0.2) is 33.3 Å². The topological polar surface area (TPSA) is 78.5 Å². The number of hydrogen-bond donors (Lipinski definition) is 3. The molecule has 2 aliphatic rings. The molecule has 0 unspecified atom stereocenters. The number of rotatable bonds is 4. The highest BCUT2D eigenvalue weighted by atomic mass is 15.2. The van der Waals surface area contributed by atoms with Crippen LogP contribution in [0.5, 0.6) is 0 Å². The van der Waals surface area contributed by atoms with Crippen molar-refractivity contribution in [1.82, 2.24) is 25.5 Å². The van der Waals surface area contributed by atoms with Crippen molar-refractivity contribution >= 4 is 17.2 Å². The lowest BCUT2D eigenvalue weighted by atomic mass is 10.1. The molecule has 0 amide bonds. The Labute approximate surface area is 134 Å². The fourth-order valence-electron chi connectivity index (χ4n) is 2.69. The van der Waals surface area contributed by atoms with Gasteiger partial charge < -0.3 is 10.6 Å². The number of aromatic amines is 1. The van der Waals surface area contributed by atoms with Crippen LogP contribution in [0.15, 0.2) is 18.3 Å². The van der Waals surface area contributed by atoms with E-state index in [1.807, 2.05) is 6.07 Å². The molecule has 0 bridgehead atoms. The summed E-state index contributed by atoms with van der Waals surface area (Å²) in [5, 5.41) is 13.9. The van der Waals surface area contributed by atoms with E-state index in [1.54, 1.807) is 6.20 Å². The van der Waals surface area contributed by atoms with Gasteiger partial charge in [0.1, 0.15) is 0 Å². The van der Waals surface area contributed by atoms with Crippen LogP contribution in [-0.2, 0) is 0 Å². The molecule has 2 aromatic rings. The Morgan fingerprint density at radius 3 is 3.00 bits per heavy atom. The Hall–Kier alpha value is -2.65. The maximum absolute atomic E-state index is 5.57. The summed E-state index contributed by atoms with van der Waals surface area (Å²) in [6, 6.07) is 2.03. The van der Waals surface area contributed by atoms with Gasteiger partial charge in [-0.1, -0.05) is 12.0 Å². The van der Waals surface area contributed by atoms with E-state index < -0.39 is 0 Å². The zero-order valence-corrected chi connectivity index (χ0v) is 12.8. The van der Waals surface area contributed by atoms with Crippen molar-refractivity contribution in [1.29, 1.82) is 0 Å². The molecule has 116 valence electrons. The highest BCUT2D eigenvalue weighted by Gasteiger charge is 2.25. The molecule has 1 fully saturated rings. The van der Waals surface area contributed by atoms with E-state index in [-0.39, 0.29) is 0 Å². The fraction of sp³-hybridized carbons (Fsp3) is 0.353. The monoisotopic (exact) mass is 306 g/mol. The zero-order valence-electron chi connectivity index (χ0n) is 12.8. The molecule has 1 aliphatic heterocycles. The second-order valence-corrected chi connectivity index (χ2v) is 5.89. The lowest BCUT2D eigenvalue weighted by Gasteiger charge is -2.14. The van der Waals surface area contributed by atoms with Gasteiger partial charge in [0.25, 0.3) is 0 Å². The zero-order chi connectivity index (χ0) is 15.6. The highest BCUT2D eigenvalue weighted by Crippen LogP contribution is 2.39. The van der Waals surface area contributed by atoms with Gasteiger partial charge in [-0.25, -0.2) is 9.97 Å². The Morgan fingerprint density at radius 2 is 2.26 bits per heavy atom. The van der Waals surface area contributed by atoms with Gasteiger partial charge in [0.2, 0.25) is 0 Å². The average molecular weight is 306 g/mol. The number of H-pyrrole nitrogens is 1. The minimum atomic E-state index is 0.630. The highest BCUT2D eigenvalue weighted by molar-refractivity contribution is 5.66. The Balaban J connectivity index is 1.62. The van der Waals surface area contributed by atoms with E-state index in [0.717, 1.165) is 36.7 Å². The molecule has 23 heavy (non-hydrogen) atoms. The normalized spacial score (nSPS) is 17.4. The Kier molecular flexibility index (Phi) is 3.56. The van der Waals surface area contributed by atoms with Crippen LogP contribution in [0, 0.1) is 12.3 Å². The van der Waals surface area contributed by atoms with Crippen LogP contribution in [0.4, 0.5) is 11.6 Å². The molecule has 6 nitrogen and oxygen atoms in total. The van der Waals surface area contributed by atoms with Gasteiger partial charge in [-0.2, -0.15) is 5.10 Å². The summed E-state index contributed by atoms with van der Waals surface area (Å²) in [5.41, 5.74) is 2.96. The first-order valence-corrected chi connectivity index (χ1v) is 7.89. The summed E-state index contributed by atoms with van der Waals surface area (Å²) in [7, 11) is 0. The van der Waals surface area contributed by atoms with Crippen molar-refractivity contribution in [2.75, 3.05) is 18.4 Å². The molecule has 0 spiro atoms. The van der Waals surface area contributed by atoms with Gasteiger partial charge in [0.15, 0.2) is 17.5 Å². The second kappa shape index (κ2) is 5.86. The van der Waals surface area contributed by atoms with E-state index in [1.165, 1.54) is 18.5 Å². The molecule has 1 aliphatic carbocycles. The van der Waals surface area contributed by atoms with Gasteiger partial charge in [-0.15, -0.1) is 6.42 Å². The number of anilines is 2. The quantitative estimate of drug-likeness (QED) is 0.755. The molecule has 0 aromatic carbocycles. The van der Waals surface area contributed by atoms with Crippen molar-refractivity contribution in [3.63, 3.8) is 0 Å². The smallest absolute Gasteiger partial charge is 0.157 e. The van der Waals surface area contributed by atoms with Gasteiger partial charge in [0.05, 0.1) is 5.56 Å². The van der Waals surface area contributed by atoms with E-state index in [0.29, 0.717) is 17.3 Å². The summed E-state index contributed by atoms with van der Waals surface area (Å²) >= 11 is 0. The molecule has 3 heterocycles. The summed E-state index contributed by atoms with van der Waals surface area (Å²) in [5.74, 6) is 5.36. The average Bonchev–Trinajstić information content (AvgIpc) is 3.35. The second-order valence-electron chi connectivity index (χ2n) is 5.89.